The molecule has 3 aromatic carbocycles. The summed E-state index contributed by atoms with van der Waals surface area (Å²) < 4.78 is 29.4. The summed E-state index contributed by atoms with van der Waals surface area (Å²) in [7, 11) is -4.20. The van der Waals surface area contributed by atoms with Crippen molar-refractivity contribution in [1.29, 1.82) is 0 Å². The largest absolute Gasteiger partial charge is 0.352 e. The van der Waals surface area contributed by atoms with Crippen molar-refractivity contribution in [3.05, 3.63) is 92.9 Å². The van der Waals surface area contributed by atoms with E-state index in [0.717, 1.165) is 20.8 Å². The van der Waals surface area contributed by atoms with Crippen LogP contribution in [0.25, 0.3) is 0 Å². The summed E-state index contributed by atoms with van der Waals surface area (Å²) in [4.78, 5) is 28.4. The van der Waals surface area contributed by atoms with Gasteiger partial charge in [0.1, 0.15) is 12.6 Å². The van der Waals surface area contributed by atoms with Gasteiger partial charge in [-0.25, -0.2) is 8.42 Å². The number of carbonyl (C=O) groups excluding carboxylic acids is 2. The maximum absolute atomic E-state index is 13.9. The molecule has 0 saturated heterocycles. The molecule has 208 valence electrons. The number of halogens is 3. The van der Waals surface area contributed by atoms with Crippen molar-refractivity contribution < 1.29 is 18.0 Å². The lowest BCUT2D eigenvalue weighted by Crippen LogP contribution is -2.52. The van der Waals surface area contributed by atoms with Crippen molar-refractivity contribution in [2.75, 3.05) is 10.8 Å². The lowest BCUT2D eigenvalue weighted by molar-refractivity contribution is -0.139. The highest BCUT2D eigenvalue weighted by molar-refractivity contribution is 9.10. The Morgan fingerprint density at radius 1 is 0.949 bits per heavy atom. The summed E-state index contributed by atoms with van der Waals surface area (Å²) in [5.41, 5.74) is 0.906. The topological polar surface area (TPSA) is 86.8 Å². The van der Waals surface area contributed by atoms with E-state index in [-0.39, 0.29) is 39.1 Å². The first-order chi connectivity index (χ1) is 18.4. The minimum atomic E-state index is -4.20. The van der Waals surface area contributed by atoms with E-state index in [2.05, 4.69) is 21.2 Å². The number of hydrogen-bond acceptors (Lipinski definition) is 4. The predicted molar refractivity (Wildman–Crippen MR) is 159 cm³/mol. The fourth-order valence-corrected chi connectivity index (χ4v) is 5.96. The van der Waals surface area contributed by atoms with Gasteiger partial charge < -0.3 is 10.2 Å². The Labute approximate surface area is 248 Å². The van der Waals surface area contributed by atoms with Gasteiger partial charge in [-0.1, -0.05) is 76.4 Å². The van der Waals surface area contributed by atoms with Crippen molar-refractivity contribution >= 4 is 66.7 Å². The van der Waals surface area contributed by atoms with Crippen LogP contribution in [-0.2, 0) is 26.2 Å². The first kappa shape index (κ1) is 30.9. The SMILES string of the molecule is CC[C@@H](C)NC(=O)[C@@H](C)N(Cc1ccc(Br)cc1)C(=O)CN(c1cc(Cl)cc(Cl)c1)S(=O)(=O)c1ccccc1. The van der Waals surface area contributed by atoms with Gasteiger partial charge in [-0.3, -0.25) is 13.9 Å². The molecular formula is C28H30BrCl2N3O4S. The molecular weight excluding hydrogens is 625 g/mol. The molecule has 2 amide bonds. The van der Waals surface area contributed by atoms with Crippen molar-refractivity contribution in [1.82, 2.24) is 10.2 Å². The molecule has 0 heterocycles. The van der Waals surface area contributed by atoms with E-state index in [1.165, 1.54) is 35.2 Å². The zero-order valence-electron chi connectivity index (χ0n) is 21.8. The monoisotopic (exact) mass is 653 g/mol. The van der Waals surface area contributed by atoms with Gasteiger partial charge in [-0.2, -0.15) is 0 Å². The number of sulfonamides is 1. The molecule has 0 unspecified atom stereocenters. The van der Waals surface area contributed by atoms with Crippen LogP contribution in [0.2, 0.25) is 10.0 Å². The molecule has 11 heteroatoms. The van der Waals surface area contributed by atoms with E-state index in [0.29, 0.717) is 0 Å². The normalized spacial score (nSPS) is 12.9. The van der Waals surface area contributed by atoms with Crippen molar-refractivity contribution in [2.45, 2.75) is 50.7 Å². The van der Waals surface area contributed by atoms with Gasteiger partial charge in [0.25, 0.3) is 10.0 Å². The highest BCUT2D eigenvalue weighted by Gasteiger charge is 2.33. The van der Waals surface area contributed by atoms with Crippen LogP contribution in [-0.4, -0.2) is 43.8 Å². The number of anilines is 1. The summed E-state index contributed by atoms with van der Waals surface area (Å²) >= 11 is 15.8. The highest BCUT2D eigenvalue weighted by Crippen LogP contribution is 2.30. The summed E-state index contributed by atoms with van der Waals surface area (Å²) in [6.45, 7) is 4.97. The quantitative estimate of drug-likeness (QED) is 0.264. The maximum Gasteiger partial charge on any atom is 0.264 e. The molecule has 39 heavy (non-hydrogen) atoms. The van der Waals surface area contributed by atoms with E-state index in [1.54, 1.807) is 25.1 Å². The van der Waals surface area contributed by atoms with Crippen molar-refractivity contribution in [3.63, 3.8) is 0 Å². The Hall–Kier alpha value is -2.59. The molecule has 2 atom stereocenters. The van der Waals surface area contributed by atoms with Crippen LogP contribution in [0.5, 0.6) is 0 Å². The standard InChI is InChI=1S/C28H30BrCl2N3O4S/c1-4-19(2)32-28(36)20(3)33(17-21-10-12-22(29)13-11-21)27(35)18-34(25-15-23(30)14-24(31)16-25)39(37,38)26-8-6-5-7-9-26/h5-16,19-20H,4,17-18H2,1-3H3,(H,32,36)/t19-,20-/m1/s1. The minimum Gasteiger partial charge on any atom is -0.352 e. The predicted octanol–water partition coefficient (Wildman–Crippen LogP) is 6.28. The Balaban J connectivity index is 2.04. The molecule has 0 radical (unpaired) electrons. The fourth-order valence-electron chi connectivity index (χ4n) is 3.77. The fraction of sp³-hybridized carbons (Fsp3) is 0.286. The molecule has 1 N–H and O–H groups in total. The molecule has 0 bridgehead atoms. The summed E-state index contributed by atoms with van der Waals surface area (Å²) in [6, 6.07) is 18.5. The molecule has 0 aliphatic heterocycles. The average Bonchev–Trinajstić information content (AvgIpc) is 2.90. The second kappa shape index (κ2) is 13.7. The Kier molecular flexibility index (Phi) is 10.8. The lowest BCUT2D eigenvalue weighted by atomic mass is 10.1. The number of benzene rings is 3. The van der Waals surface area contributed by atoms with Crippen LogP contribution in [0.15, 0.2) is 82.2 Å². The van der Waals surface area contributed by atoms with Gasteiger partial charge in [0.2, 0.25) is 11.8 Å². The first-order valence-corrected chi connectivity index (χ1v) is 15.3. The number of carbonyl (C=O) groups is 2. The van der Waals surface area contributed by atoms with Gasteiger partial charge in [-0.05, 0) is 68.3 Å². The smallest absolute Gasteiger partial charge is 0.264 e. The molecule has 0 spiro atoms. The second-order valence-electron chi connectivity index (χ2n) is 9.09. The zero-order chi connectivity index (χ0) is 28.7. The molecule has 0 aliphatic rings. The van der Waals surface area contributed by atoms with E-state index in [4.69, 9.17) is 23.2 Å². The molecule has 0 aromatic heterocycles. The minimum absolute atomic E-state index is 0.00378. The third kappa shape index (κ3) is 8.20. The molecule has 0 saturated carbocycles. The molecule has 0 fully saturated rings. The van der Waals surface area contributed by atoms with Crippen LogP contribution < -0.4 is 9.62 Å². The van der Waals surface area contributed by atoms with Gasteiger partial charge in [-0.15, -0.1) is 0 Å². The van der Waals surface area contributed by atoms with Crippen LogP contribution >= 0.6 is 39.1 Å². The molecule has 3 aromatic rings. The average molecular weight is 655 g/mol. The second-order valence-corrected chi connectivity index (χ2v) is 12.7. The van der Waals surface area contributed by atoms with E-state index in [1.807, 2.05) is 38.1 Å². The Bertz CT molecular complexity index is 1390. The van der Waals surface area contributed by atoms with Crippen LogP contribution in [0.4, 0.5) is 5.69 Å². The molecule has 7 nitrogen and oxygen atoms in total. The van der Waals surface area contributed by atoms with Crippen LogP contribution in [0.1, 0.15) is 32.8 Å². The van der Waals surface area contributed by atoms with E-state index < -0.39 is 28.5 Å². The van der Waals surface area contributed by atoms with Crippen LogP contribution in [0.3, 0.4) is 0 Å². The van der Waals surface area contributed by atoms with Gasteiger partial charge in [0, 0.05) is 27.1 Å². The number of nitrogens with one attached hydrogen (secondary N) is 1. The zero-order valence-corrected chi connectivity index (χ0v) is 25.7. The van der Waals surface area contributed by atoms with E-state index in [9.17, 15) is 18.0 Å². The van der Waals surface area contributed by atoms with Gasteiger partial charge in [0.05, 0.1) is 10.6 Å². The summed E-state index contributed by atoms with van der Waals surface area (Å²) in [5.74, 6) is -0.904. The number of amides is 2. The third-order valence-corrected chi connectivity index (χ3v) is 8.93. The number of nitrogens with zero attached hydrogens (tertiary/aromatic N) is 2. The Morgan fingerprint density at radius 2 is 1.54 bits per heavy atom. The lowest BCUT2D eigenvalue weighted by Gasteiger charge is -2.32. The van der Waals surface area contributed by atoms with Gasteiger partial charge in [0.15, 0.2) is 0 Å². The third-order valence-electron chi connectivity index (χ3n) is 6.18. The van der Waals surface area contributed by atoms with Crippen molar-refractivity contribution in [3.8, 4) is 0 Å². The number of rotatable bonds is 11. The first-order valence-electron chi connectivity index (χ1n) is 12.3. The molecule has 3 rings (SSSR count). The maximum atomic E-state index is 13.9. The van der Waals surface area contributed by atoms with Crippen LogP contribution in [0, 0.1) is 0 Å². The van der Waals surface area contributed by atoms with Gasteiger partial charge >= 0.3 is 0 Å². The Morgan fingerprint density at radius 3 is 2.10 bits per heavy atom. The summed E-state index contributed by atoms with van der Waals surface area (Å²) in [5, 5.41) is 3.34. The van der Waals surface area contributed by atoms with E-state index >= 15 is 0 Å². The number of hydrogen-bond donors (Lipinski definition) is 1. The molecule has 0 aliphatic carbocycles. The highest BCUT2D eigenvalue weighted by atomic mass is 79.9. The summed E-state index contributed by atoms with van der Waals surface area (Å²) in [6.07, 6.45) is 0.720. The van der Waals surface area contributed by atoms with Crippen molar-refractivity contribution in [2.24, 2.45) is 0 Å².